The molecule has 6 nitrogen and oxygen atoms in total. The van der Waals surface area contributed by atoms with Crippen LogP contribution in [0.4, 0.5) is 4.39 Å². The third-order valence-corrected chi connectivity index (χ3v) is 7.13. The summed E-state index contributed by atoms with van der Waals surface area (Å²) in [6, 6.07) is 13.3. The lowest BCUT2D eigenvalue weighted by Gasteiger charge is -2.35. The Bertz CT molecular complexity index is 1320. The highest BCUT2D eigenvalue weighted by Crippen LogP contribution is 2.33. The van der Waals surface area contributed by atoms with Crippen molar-refractivity contribution in [1.82, 2.24) is 20.1 Å². The number of hydrogen-bond acceptors (Lipinski definition) is 6. The molecule has 1 aliphatic heterocycles. The molecular formula is C25H22ClFN4O2S. The van der Waals surface area contributed by atoms with Crippen molar-refractivity contribution in [3.8, 4) is 21.9 Å². The Morgan fingerprint density at radius 2 is 2.00 bits per heavy atom. The summed E-state index contributed by atoms with van der Waals surface area (Å²) >= 11 is 7.52. The highest BCUT2D eigenvalue weighted by atomic mass is 35.5. The van der Waals surface area contributed by atoms with Gasteiger partial charge in [0.25, 0.3) is 5.91 Å². The fraction of sp³-hybridized carbons (Fsp3) is 0.280. The molecule has 1 saturated heterocycles. The lowest BCUT2D eigenvalue weighted by molar-refractivity contribution is 0.0601. The van der Waals surface area contributed by atoms with E-state index in [9.17, 15) is 9.18 Å². The van der Waals surface area contributed by atoms with Gasteiger partial charge in [0.15, 0.2) is 0 Å². The van der Waals surface area contributed by atoms with Crippen molar-refractivity contribution in [3.63, 3.8) is 0 Å². The van der Waals surface area contributed by atoms with Crippen molar-refractivity contribution in [2.24, 2.45) is 0 Å². The number of piperidine rings is 1. The first-order valence-electron chi connectivity index (χ1n) is 11.1. The van der Waals surface area contributed by atoms with Crippen LogP contribution in [-0.4, -0.2) is 38.6 Å². The van der Waals surface area contributed by atoms with Gasteiger partial charge in [-0.2, -0.15) is 0 Å². The highest BCUT2D eigenvalue weighted by molar-refractivity contribution is 7.15. The van der Waals surface area contributed by atoms with Gasteiger partial charge in [0.1, 0.15) is 11.5 Å². The van der Waals surface area contributed by atoms with Crippen LogP contribution in [0.25, 0.3) is 21.9 Å². The number of benzene rings is 2. The molecule has 9 heteroatoms. The topological polar surface area (TPSA) is 72.1 Å². The predicted molar refractivity (Wildman–Crippen MR) is 129 cm³/mol. The first-order chi connectivity index (χ1) is 16.5. The highest BCUT2D eigenvalue weighted by Gasteiger charge is 2.32. The van der Waals surface area contributed by atoms with Crippen molar-refractivity contribution in [3.05, 3.63) is 76.0 Å². The maximum absolute atomic E-state index is 13.7. The van der Waals surface area contributed by atoms with Gasteiger partial charge in [-0.15, -0.1) is 21.5 Å². The van der Waals surface area contributed by atoms with Gasteiger partial charge in [-0.3, -0.25) is 4.79 Å². The summed E-state index contributed by atoms with van der Waals surface area (Å²) in [7, 11) is 0. The molecule has 4 aromatic rings. The van der Waals surface area contributed by atoms with E-state index in [1.807, 2.05) is 24.0 Å². The van der Waals surface area contributed by atoms with Crippen LogP contribution in [0.15, 0.2) is 52.9 Å². The molecule has 1 atom stereocenters. The molecule has 0 aliphatic carbocycles. The van der Waals surface area contributed by atoms with Crippen molar-refractivity contribution >= 4 is 28.8 Å². The van der Waals surface area contributed by atoms with Gasteiger partial charge in [-0.25, -0.2) is 9.37 Å². The zero-order valence-electron chi connectivity index (χ0n) is 18.5. The first kappa shape index (κ1) is 22.7. The van der Waals surface area contributed by atoms with Crippen LogP contribution in [0.2, 0.25) is 5.02 Å². The molecule has 0 N–H and O–H groups in total. The van der Waals surface area contributed by atoms with Gasteiger partial charge in [0, 0.05) is 29.6 Å². The van der Waals surface area contributed by atoms with E-state index in [1.54, 1.807) is 24.3 Å². The Balaban J connectivity index is 1.39. The molecule has 0 bridgehead atoms. The van der Waals surface area contributed by atoms with Gasteiger partial charge in [0.05, 0.1) is 9.88 Å². The van der Waals surface area contributed by atoms with E-state index >= 15 is 0 Å². The lowest BCUT2D eigenvalue weighted by Crippen LogP contribution is -2.45. The Morgan fingerprint density at radius 1 is 1.18 bits per heavy atom. The van der Waals surface area contributed by atoms with Crippen LogP contribution in [0, 0.1) is 12.7 Å². The zero-order valence-corrected chi connectivity index (χ0v) is 20.1. The number of hydrogen-bond donors (Lipinski definition) is 0. The summed E-state index contributed by atoms with van der Waals surface area (Å²) in [6.07, 6.45) is 3.25. The number of thiazole rings is 1. The maximum atomic E-state index is 13.7. The van der Waals surface area contributed by atoms with Gasteiger partial charge in [-0.1, -0.05) is 29.8 Å². The predicted octanol–water partition coefficient (Wildman–Crippen LogP) is 6.20. The minimum absolute atomic E-state index is 0.0722. The molecule has 3 heterocycles. The number of aryl methyl sites for hydroxylation is 1. The van der Waals surface area contributed by atoms with Crippen LogP contribution >= 0.6 is 22.9 Å². The van der Waals surface area contributed by atoms with Crippen molar-refractivity contribution in [2.45, 2.75) is 38.6 Å². The molecule has 0 spiro atoms. The van der Waals surface area contributed by atoms with Crippen LogP contribution < -0.4 is 0 Å². The third kappa shape index (κ3) is 4.74. The monoisotopic (exact) mass is 496 g/mol. The molecule has 2 aromatic carbocycles. The minimum Gasteiger partial charge on any atom is -0.421 e. The average molecular weight is 497 g/mol. The molecule has 1 unspecified atom stereocenters. The number of nitrogens with zero attached hydrogens (tertiary/aromatic N) is 4. The molecule has 174 valence electrons. The number of likely N-dealkylation sites (tertiary alicyclic amines) is 1. The van der Waals surface area contributed by atoms with Crippen LogP contribution in [-0.2, 0) is 6.42 Å². The Kier molecular flexibility index (Phi) is 6.43. The summed E-state index contributed by atoms with van der Waals surface area (Å²) in [5.41, 5.74) is 1.95. The van der Waals surface area contributed by atoms with Crippen LogP contribution in [0.5, 0.6) is 0 Å². The largest absolute Gasteiger partial charge is 0.421 e. The third-order valence-electron chi connectivity index (χ3n) is 5.88. The summed E-state index contributed by atoms with van der Waals surface area (Å²) in [5, 5.41) is 9.76. The van der Waals surface area contributed by atoms with Crippen molar-refractivity contribution in [1.29, 1.82) is 0 Å². The Hall–Kier alpha value is -3.10. The molecule has 1 amide bonds. The summed E-state index contributed by atoms with van der Waals surface area (Å²) in [4.78, 5) is 20.8. The molecule has 1 aliphatic rings. The second-order valence-electron chi connectivity index (χ2n) is 8.28. The van der Waals surface area contributed by atoms with E-state index in [0.717, 1.165) is 40.3 Å². The van der Waals surface area contributed by atoms with E-state index in [0.29, 0.717) is 35.5 Å². The zero-order chi connectivity index (χ0) is 23.7. The number of carbonyl (C=O) groups is 1. The standard InChI is InChI=1S/C25H22ClFN4O2S/c1-15-28-22(23(34-15)16-8-10-19(27)11-9-16)25(32)31-12-3-2-7-20(31)14-21-29-30-24(33-21)17-5-4-6-18(26)13-17/h4-6,8-11,13,20H,2-3,7,12,14H2,1H3. The minimum atomic E-state index is -0.314. The van der Waals surface area contributed by atoms with E-state index in [1.165, 1.54) is 23.5 Å². The number of aromatic nitrogens is 3. The molecule has 0 radical (unpaired) electrons. The summed E-state index contributed by atoms with van der Waals surface area (Å²) < 4.78 is 19.3. The van der Waals surface area contributed by atoms with E-state index in [-0.39, 0.29) is 17.8 Å². The van der Waals surface area contributed by atoms with Gasteiger partial charge in [-0.05, 0) is 62.1 Å². The summed E-state index contributed by atoms with van der Waals surface area (Å²) in [5.74, 6) is 0.446. The Morgan fingerprint density at radius 3 is 2.79 bits per heavy atom. The SMILES string of the molecule is Cc1nc(C(=O)N2CCCCC2Cc2nnc(-c3cccc(Cl)c3)o2)c(-c2ccc(F)cc2)s1. The number of amides is 1. The van der Waals surface area contributed by atoms with E-state index < -0.39 is 0 Å². The average Bonchev–Trinajstić information content (AvgIpc) is 3.46. The van der Waals surface area contributed by atoms with Crippen LogP contribution in [0.3, 0.4) is 0 Å². The maximum Gasteiger partial charge on any atom is 0.274 e. The molecule has 2 aromatic heterocycles. The van der Waals surface area contributed by atoms with E-state index in [2.05, 4.69) is 15.2 Å². The summed E-state index contributed by atoms with van der Waals surface area (Å²) in [6.45, 7) is 2.51. The molecule has 1 fully saturated rings. The number of carbonyl (C=O) groups excluding carboxylic acids is 1. The van der Waals surface area contributed by atoms with E-state index in [4.69, 9.17) is 16.0 Å². The van der Waals surface area contributed by atoms with Crippen molar-refractivity contribution in [2.75, 3.05) is 6.54 Å². The van der Waals surface area contributed by atoms with Gasteiger partial charge >= 0.3 is 0 Å². The normalized spacial score (nSPS) is 16.1. The quantitative estimate of drug-likeness (QED) is 0.329. The molecule has 5 rings (SSSR count). The van der Waals surface area contributed by atoms with Gasteiger partial charge in [0.2, 0.25) is 11.8 Å². The fourth-order valence-electron chi connectivity index (χ4n) is 4.26. The fourth-order valence-corrected chi connectivity index (χ4v) is 5.37. The smallest absolute Gasteiger partial charge is 0.274 e. The second kappa shape index (κ2) is 9.64. The lowest BCUT2D eigenvalue weighted by atomic mass is 9.98. The number of halogens is 2. The van der Waals surface area contributed by atoms with Crippen molar-refractivity contribution < 1.29 is 13.6 Å². The van der Waals surface area contributed by atoms with Gasteiger partial charge < -0.3 is 9.32 Å². The Labute approximate surface area is 205 Å². The molecule has 0 saturated carbocycles. The second-order valence-corrected chi connectivity index (χ2v) is 9.92. The molecular weight excluding hydrogens is 475 g/mol. The van der Waals surface area contributed by atoms with Crippen LogP contribution in [0.1, 0.15) is 40.6 Å². The number of rotatable bonds is 5. The first-order valence-corrected chi connectivity index (χ1v) is 12.3. The molecule has 34 heavy (non-hydrogen) atoms.